The third-order valence-electron chi connectivity index (χ3n) is 2.50. The Balaban J connectivity index is 2.87. The minimum absolute atomic E-state index is 0.138. The fourth-order valence-corrected chi connectivity index (χ4v) is 4.57. The van der Waals surface area contributed by atoms with Gasteiger partial charge in [-0.2, -0.15) is 4.31 Å². The highest BCUT2D eigenvalue weighted by Gasteiger charge is 2.37. The Morgan fingerprint density at radius 2 is 2.06 bits per heavy atom. The van der Waals surface area contributed by atoms with Crippen LogP contribution in [0.2, 0.25) is 0 Å². The maximum atomic E-state index is 12.2. The molecule has 6 heteroatoms. The van der Waals surface area contributed by atoms with Gasteiger partial charge in [0.15, 0.2) is 0 Å². The molecule has 1 heterocycles. The Labute approximate surface area is 103 Å². The zero-order chi connectivity index (χ0) is 12.6. The minimum atomic E-state index is -3.25. The van der Waals surface area contributed by atoms with E-state index in [9.17, 15) is 8.42 Å². The summed E-state index contributed by atoms with van der Waals surface area (Å²) < 4.78 is 25.8. The molecule has 1 aliphatic rings. The van der Waals surface area contributed by atoms with Crippen LogP contribution in [-0.4, -0.2) is 36.1 Å². The second-order valence-corrected chi connectivity index (χ2v) is 7.88. The summed E-state index contributed by atoms with van der Waals surface area (Å²) in [6, 6.07) is -0.276. The first kappa shape index (κ1) is 13.9. The minimum Gasteiger partial charge on any atom is -0.392 e. The lowest BCUT2D eigenvalue weighted by atomic mass is 10.0. The normalized spacial score (nSPS) is 23.6. The number of hydrogen-bond donors (Lipinski definition) is 1. The first-order valence-corrected chi connectivity index (χ1v) is 7.44. The lowest BCUT2D eigenvalue weighted by molar-refractivity contribution is 0.409. The highest BCUT2D eigenvalue weighted by atomic mass is 32.2. The quantitative estimate of drug-likeness (QED) is 0.776. The van der Waals surface area contributed by atoms with Crippen LogP contribution in [0.4, 0.5) is 0 Å². The molecular formula is C10H20N2O2S2. The van der Waals surface area contributed by atoms with Gasteiger partial charge >= 0.3 is 0 Å². The highest BCUT2D eigenvalue weighted by molar-refractivity contribution is 7.89. The molecule has 0 aromatic carbocycles. The van der Waals surface area contributed by atoms with Crippen LogP contribution < -0.4 is 5.73 Å². The molecule has 1 rings (SSSR count). The molecule has 0 saturated carbocycles. The van der Waals surface area contributed by atoms with Gasteiger partial charge in [0, 0.05) is 6.54 Å². The third-order valence-corrected chi connectivity index (χ3v) is 5.16. The van der Waals surface area contributed by atoms with Crippen LogP contribution in [-0.2, 0) is 10.0 Å². The maximum Gasteiger partial charge on any atom is 0.215 e. The maximum absolute atomic E-state index is 12.2. The molecule has 16 heavy (non-hydrogen) atoms. The summed E-state index contributed by atoms with van der Waals surface area (Å²) in [4.78, 5) is 0.287. The van der Waals surface area contributed by atoms with E-state index in [2.05, 4.69) is 0 Å². The predicted molar refractivity (Wildman–Crippen MR) is 69.8 cm³/mol. The SMILES string of the molecule is CC(C)(C)CS(=O)(=O)N1CCCC1C(N)=S. The van der Waals surface area contributed by atoms with E-state index in [1.54, 1.807) is 0 Å². The van der Waals surface area contributed by atoms with Gasteiger partial charge in [0.1, 0.15) is 0 Å². The predicted octanol–water partition coefficient (Wildman–Crippen LogP) is 1.11. The molecule has 0 bridgehead atoms. The van der Waals surface area contributed by atoms with Crippen molar-refractivity contribution >= 4 is 27.2 Å². The van der Waals surface area contributed by atoms with Gasteiger partial charge in [0.2, 0.25) is 10.0 Å². The van der Waals surface area contributed by atoms with Gasteiger partial charge in [-0.15, -0.1) is 0 Å². The first-order chi connectivity index (χ1) is 7.13. The third kappa shape index (κ3) is 3.40. The molecule has 1 atom stereocenters. The van der Waals surface area contributed by atoms with Crippen molar-refractivity contribution in [1.29, 1.82) is 0 Å². The van der Waals surface area contributed by atoms with Crippen LogP contribution >= 0.6 is 12.2 Å². The molecule has 0 radical (unpaired) electrons. The Bertz CT molecular complexity index is 371. The average Bonchev–Trinajstić information content (AvgIpc) is 2.45. The lowest BCUT2D eigenvalue weighted by Crippen LogP contribution is -2.45. The van der Waals surface area contributed by atoms with E-state index in [1.807, 2.05) is 20.8 Å². The Morgan fingerprint density at radius 1 is 1.50 bits per heavy atom. The van der Waals surface area contributed by atoms with Gasteiger partial charge in [-0.3, -0.25) is 0 Å². The van der Waals surface area contributed by atoms with Crippen molar-refractivity contribution in [3.63, 3.8) is 0 Å². The molecular weight excluding hydrogens is 244 g/mol. The van der Waals surface area contributed by atoms with E-state index in [1.165, 1.54) is 4.31 Å². The highest BCUT2D eigenvalue weighted by Crippen LogP contribution is 2.26. The molecule has 0 aromatic rings. The van der Waals surface area contributed by atoms with E-state index in [-0.39, 0.29) is 22.2 Å². The van der Waals surface area contributed by atoms with E-state index in [4.69, 9.17) is 18.0 Å². The van der Waals surface area contributed by atoms with Gasteiger partial charge in [0.25, 0.3) is 0 Å². The summed E-state index contributed by atoms with van der Waals surface area (Å²) in [5, 5.41) is 0. The van der Waals surface area contributed by atoms with E-state index in [0.717, 1.165) is 12.8 Å². The van der Waals surface area contributed by atoms with Crippen molar-refractivity contribution in [1.82, 2.24) is 4.31 Å². The summed E-state index contributed by atoms with van der Waals surface area (Å²) in [6.07, 6.45) is 1.59. The van der Waals surface area contributed by atoms with Crippen LogP contribution in [0, 0.1) is 5.41 Å². The largest absolute Gasteiger partial charge is 0.392 e. The zero-order valence-corrected chi connectivity index (χ0v) is 11.7. The Kier molecular flexibility index (Phi) is 3.97. The molecule has 0 amide bonds. The molecule has 4 nitrogen and oxygen atoms in total. The average molecular weight is 264 g/mol. The molecule has 1 saturated heterocycles. The number of hydrogen-bond acceptors (Lipinski definition) is 3. The molecule has 0 aromatic heterocycles. The number of thiocarbonyl (C=S) groups is 1. The lowest BCUT2D eigenvalue weighted by Gasteiger charge is -2.27. The van der Waals surface area contributed by atoms with Gasteiger partial charge in [-0.05, 0) is 18.3 Å². The van der Waals surface area contributed by atoms with Gasteiger partial charge < -0.3 is 5.73 Å². The van der Waals surface area contributed by atoms with Crippen molar-refractivity contribution in [3.05, 3.63) is 0 Å². The first-order valence-electron chi connectivity index (χ1n) is 5.42. The van der Waals surface area contributed by atoms with Crippen molar-refractivity contribution in [2.24, 2.45) is 11.1 Å². The van der Waals surface area contributed by atoms with E-state index in [0.29, 0.717) is 6.54 Å². The van der Waals surface area contributed by atoms with Crippen LogP contribution in [0.15, 0.2) is 0 Å². The number of rotatable bonds is 3. The summed E-state index contributed by atoms with van der Waals surface area (Å²) in [5.74, 6) is 0.138. The zero-order valence-electron chi connectivity index (χ0n) is 10.1. The summed E-state index contributed by atoms with van der Waals surface area (Å²) >= 11 is 4.91. The van der Waals surface area contributed by atoms with E-state index < -0.39 is 10.0 Å². The number of nitrogens with two attached hydrogens (primary N) is 1. The van der Waals surface area contributed by atoms with E-state index >= 15 is 0 Å². The number of nitrogens with zero attached hydrogens (tertiary/aromatic N) is 1. The molecule has 1 aliphatic heterocycles. The summed E-state index contributed by atoms with van der Waals surface area (Å²) in [5.41, 5.74) is 5.33. The van der Waals surface area contributed by atoms with Gasteiger partial charge in [-0.25, -0.2) is 8.42 Å². The molecule has 1 fully saturated rings. The molecule has 0 aliphatic carbocycles. The van der Waals surface area contributed by atoms with Gasteiger partial charge in [0.05, 0.1) is 16.8 Å². The van der Waals surface area contributed by atoms with Crippen LogP contribution in [0.5, 0.6) is 0 Å². The van der Waals surface area contributed by atoms with Crippen molar-refractivity contribution < 1.29 is 8.42 Å². The van der Waals surface area contributed by atoms with Crippen LogP contribution in [0.25, 0.3) is 0 Å². The van der Waals surface area contributed by atoms with Crippen molar-refractivity contribution in [3.8, 4) is 0 Å². The smallest absolute Gasteiger partial charge is 0.215 e. The molecule has 1 unspecified atom stereocenters. The summed E-state index contributed by atoms with van der Waals surface area (Å²) in [6.45, 7) is 6.28. The standard InChI is InChI=1S/C10H20N2O2S2/c1-10(2,3)7-16(13,14)12-6-4-5-8(12)9(11)15/h8H,4-7H2,1-3H3,(H2,11,15). The molecule has 0 spiro atoms. The summed E-state index contributed by atoms with van der Waals surface area (Å²) in [7, 11) is -3.25. The number of sulfonamides is 1. The topological polar surface area (TPSA) is 63.4 Å². The molecule has 94 valence electrons. The fourth-order valence-electron chi connectivity index (χ4n) is 1.99. The van der Waals surface area contributed by atoms with Gasteiger partial charge in [-0.1, -0.05) is 33.0 Å². The van der Waals surface area contributed by atoms with Crippen molar-refractivity contribution in [2.75, 3.05) is 12.3 Å². The van der Waals surface area contributed by atoms with Crippen LogP contribution in [0.1, 0.15) is 33.6 Å². The Hall–Kier alpha value is -0.200. The second-order valence-electron chi connectivity index (χ2n) is 5.49. The Morgan fingerprint density at radius 3 is 2.50 bits per heavy atom. The van der Waals surface area contributed by atoms with Crippen LogP contribution in [0.3, 0.4) is 0 Å². The van der Waals surface area contributed by atoms with Crippen molar-refractivity contribution in [2.45, 2.75) is 39.7 Å². The fraction of sp³-hybridized carbons (Fsp3) is 0.900. The monoisotopic (exact) mass is 264 g/mol. The second kappa shape index (κ2) is 4.58. The molecule has 2 N–H and O–H groups in total.